The first-order valence-electron chi connectivity index (χ1n) is 3.72. The zero-order chi connectivity index (χ0) is 8.69. The van der Waals surface area contributed by atoms with Gasteiger partial charge < -0.3 is 0 Å². The van der Waals surface area contributed by atoms with Crippen LogP contribution in [0.2, 0.25) is 0 Å². The summed E-state index contributed by atoms with van der Waals surface area (Å²) in [7, 11) is 0. The van der Waals surface area contributed by atoms with Gasteiger partial charge in [-0.05, 0) is 6.42 Å². The summed E-state index contributed by atoms with van der Waals surface area (Å²) in [6, 6.07) is 0. The predicted molar refractivity (Wildman–Crippen MR) is 48.9 cm³/mol. The van der Waals surface area contributed by atoms with Crippen LogP contribution in [0.25, 0.3) is 0 Å². The molecule has 0 saturated carbocycles. The van der Waals surface area contributed by atoms with Crippen LogP contribution in [0.5, 0.6) is 0 Å². The molecule has 0 bridgehead atoms. The maximum Gasteiger partial charge on any atom is 0.158 e. The molecule has 0 unspecified atom stereocenters. The number of hydrogen-bond donors (Lipinski definition) is 0. The summed E-state index contributed by atoms with van der Waals surface area (Å²) in [6.07, 6.45) is 4.94. The number of allylic oxidation sites excluding steroid dienone is 1. The van der Waals surface area contributed by atoms with Gasteiger partial charge in [-0.15, -0.1) is 0 Å². The zero-order valence-electron chi connectivity index (χ0n) is 6.57. The lowest BCUT2D eigenvalue weighted by molar-refractivity contribution is -0.114. The number of carbonyl (C=O) groups is 1. The van der Waals surface area contributed by atoms with E-state index in [1.807, 2.05) is 0 Å². The minimum absolute atomic E-state index is 0.0125. The fourth-order valence-corrected chi connectivity index (χ4v) is 0.986. The summed E-state index contributed by atoms with van der Waals surface area (Å²) in [5, 5.41) is 0. The Morgan fingerprint density at radius 1 is 1.36 bits per heavy atom. The van der Waals surface area contributed by atoms with Crippen molar-refractivity contribution in [1.29, 1.82) is 0 Å². The SMILES string of the molecule is CCCCCC(=O)C=C(Cl)Cl. The maximum atomic E-state index is 10.9. The van der Waals surface area contributed by atoms with Crippen molar-refractivity contribution in [2.45, 2.75) is 32.6 Å². The molecule has 0 spiro atoms. The largest absolute Gasteiger partial charge is 0.295 e. The Morgan fingerprint density at radius 2 is 2.00 bits per heavy atom. The summed E-state index contributed by atoms with van der Waals surface area (Å²) in [5.41, 5.74) is 0. The van der Waals surface area contributed by atoms with Gasteiger partial charge in [-0.1, -0.05) is 43.0 Å². The van der Waals surface area contributed by atoms with Gasteiger partial charge in [-0.3, -0.25) is 4.79 Å². The van der Waals surface area contributed by atoms with Gasteiger partial charge in [-0.2, -0.15) is 0 Å². The summed E-state index contributed by atoms with van der Waals surface area (Å²) in [4.78, 5) is 10.9. The fourth-order valence-electron chi connectivity index (χ4n) is 0.743. The number of carbonyl (C=O) groups excluding carboxylic acids is 1. The highest BCUT2D eigenvalue weighted by atomic mass is 35.5. The predicted octanol–water partition coefficient (Wildman–Crippen LogP) is 3.45. The van der Waals surface area contributed by atoms with E-state index in [1.165, 1.54) is 6.08 Å². The number of ketones is 1. The van der Waals surface area contributed by atoms with Gasteiger partial charge in [0.05, 0.1) is 0 Å². The Kier molecular flexibility index (Phi) is 6.68. The minimum atomic E-state index is 0.0125. The highest BCUT2D eigenvalue weighted by Gasteiger charge is 1.97. The zero-order valence-corrected chi connectivity index (χ0v) is 8.08. The Balaban J connectivity index is 3.46. The highest BCUT2D eigenvalue weighted by Crippen LogP contribution is 2.08. The molecule has 0 aliphatic heterocycles. The summed E-state index contributed by atoms with van der Waals surface area (Å²) < 4.78 is 0.0477. The Bertz CT molecular complexity index is 148. The molecule has 0 radical (unpaired) electrons. The fraction of sp³-hybridized carbons (Fsp3) is 0.625. The molecule has 0 aromatic carbocycles. The molecule has 0 aromatic heterocycles. The van der Waals surface area contributed by atoms with Crippen molar-refractivity contribution in [1.82, 2.24) is 0 Å². The summed E-state index contributed by atoms with van der Waals surface area (Å²) >= 11 is 10.6. The molecule has 0 N–H and O–H groups in total. The molecular weight excluding hydrogens is 183 g/mol. The van der Waals surface area contributed by atoms with Gasteiger partial charge in [0.25, 0.3) is 0 Å². The van der Waals surface area contributed by atoms with Crippen LogP contribution in [0.3, 0.4) is 0 Å². The van der Waals surface area contributed by atoms with Gasteiger partial charge in [0.2, 0.25) is 0 Å². The average molecular weight is 195 g/mol. The van der Waals surface area contributed by atoms with Gasteiger partial charge in [0.15, 0.2) is 5.78 Å². The molecule has 0 aromatic rings. The molecule has 0 rings (SSSR count). The van der Waals surface area contributed by atoms with Crippen molar-refractivity contribution in [3.63, 3.8) is 0 Å². The first-order chi connectivity index (χ1) is 5.16. The molecule has 0 saturated heterocycles. The smallest absolute Gasteiger partial charge is 0.158 e. The quantitative estimate of drug-likeness (QED) is 0.485. The molecular formula is C8H12Cl2O. The number of rotatable bonds is 5. The van der Waals surface area contributed by atoms with Crippen molar-refractivity contribution in [2.75, 3.05) is 0 Å². The third-order valence-corrected chi connectivity index (χ3v) is 1.52. The van der Waals surface area contributed by atoms with Crippen molar-refractivity contribution in [3.8, 4) is 0 Å². The molecule has 0 amide bonds. The van der Waals surface area contributed by atoms with E-state index in [2.05, 4.69) is 6.92 Å². The maximum absolute atomic E-state index is 10.9. The highest BCUT2D eigenvalue weighted by molar-refractivity contribution is 6.56. The molecule has 3 heteroatoms. The number of halogens is 2. The standard InChI is InChI=1S/C8H12Cl2O/c1-2-3-4-5-7(11)6-8(9)10/h6H,2-5H2,1H3. The second-order valence-electron chi connectivity index (χ2n) is 2.36. The van der Waals surface area contributed by atoms with Gasteiger partial charge >= 0.3 is 0 Å². The van der Waals surface area contributed by atoms with Crippen LogP contribution in [-0.4, -0.2) is 5.78 Å². The first-order valence-corrected chi connectivity index (χ1v) is 4.48. The van der Waals surface area contributed by atoms with Crippen molar-refractivity contribution in [2.24, 2.45) is 0 Å². The Hall–Kier alpha value is -0.0100. The first kappa shape index (κ1) is 11.0. The lowest BCUT2D eigenvalue weighted by Crippen LogP contribution is -1.91. The van der Waals surface area contributed by atoms with Crippen molar-refractivity contribution >= 4 is 29.0 Å². The molecule has 64 valence electrons. The third-order valence-electron chi connectivity index (χ3n) is 1.30. The van der Waals surface area contributed by atoms with Crippen LogP contribution in [0, 0.1) is 0 Å². The van der Waals surface area contributed by atoms with E-state index >= 15 is 0 Å². The normalized spacial score (nSPS) is 9.36. The summed E-state index contributed by atoms with van der Waals surface area (Å²) in [5.74, 6) is 0.0125. The summed E-state index contributed by atoms with van der Waals surface area (Å²) in [6.45, 7) is 2.09. The Morgan fingerprint density at radius 3 is 2.45 bits per heavy atom. The van der Waals surface area contributed by atoms with Crippen molar-refractivity contribution < 1.29 is 4.79 Å². The number of unbranched alkanes of at least 4 members (excludes halogenated alkanes) is 2. The minimum Gasteiger partial charge on any atom is -0.295 e. The molecule has 0 aliphatic carbocycles. The Labute approximate surface area is 77.4 Å². The van der Waals surface area contributed by atoms with E-state index in [0.29, 0.717) is 6.42 Å². The van der Waals surface area contributed by atoms with E-state index in [0.717, 1.165) is 19.3 Å². The number of hydrogen-bond acceptors (Lipinski definition) is 1. The monoisotopic (exact) mass is 194 g/mol. The molecule has 11 heavy (non-hydrogen) atoms. The van der Waals surface area contributed by atoms with Gasteiger partial charge in [0.1, 0.15) is 4.49 Å². The molecule has 0 aliphatic rings. The van der Waals surface area contributed by atoms with Crippen LogP contribution < -0.4 is 0 Å². The van der Waals surface area contributed by atoms with E-state index in [4.69, 9.17) is 23.2 Å². The van der Waals surface area contributed by atoms with Crippen LogP contribution in [0.1, 0.15) is 32.6 Å². The second kappa shape index (κ2) is 6.68. The lowest BCUT2D eigenvalue weighted by atomic mass is 10.1. The molecule has 0 fully saturated rings. The van der Waals surface area contributed by atoms with Crippen LogP contribution >= 0.6 is 23.2 Å². The molecule has 0 heterocycles. The van der Waals surface area contributed by atoms with Crippen LogP contribution in [0.4, 0.5) is 0 Å². The van der Waals surface area contributed by atoms with E-state index in [-0.39, 0.29) is 10.3 Å². The second-order valence-corrected chi connectivity index (χ2v) is 3.37. The van der Waals surface area contributed by atoms with Gasteiger partial charge in [-0.25, -0.2) is 0 Å². The van der Waals surface area contributed by atoms with E-state index in [1.54, 1.807) is 0 Å². The van der Waals surface area contributed by atoms with Crippen LogP contribution in [-0.2, 0) is 4.79 Å². The van der Waals surface area contributed by atoms with Crippen molar-refractivity contribution in [3.05, 3.63) is 10.6 Å². The van der Waals surface area contributed by atoms with E-state index < -0.39 is 0 Å². The lowest BCUT2D eigenvalue weighted by Gasteiger charge is -1.93. The topological polar surface area (TPSA) is 17.1 Å². The molecule has 1 nitrogen and oxygen atoms in total. The van der Waals surface area contributed by atoms with Gasteiger partial charge in [0, 0.05) is 12.5 Å². The third kappa shape index (κ3) is 7.89. The van der Waals surface area contributed by atoms with E-state index in [9.17, 15) is 4.79 Å². The molecule has 0 atom stereocenters. The van der Waals surface area contributed by atoms with Crippen LogP contribution in [0.15, 0.2) is 10.6 Å². The average Bonchev–Trinajstić information content (AvgIpc) is 1.86.